The summed E-state index contributed by atoms with van der Waals surface area (Å²) in [5, 5.41) is 10.2. The topological polar surface area (TPSA) is 59.8 Å². The zero-order chi connectivity index (χ0) is 14.0. The lowest BCUT2D eigenvalue weighted by Crippen LogP contribution is -2.35. The largest absolute Gasteiger partial charge is 0.303 e. The van der Waals surface area contributed by atoms with Crippen LogP contribution in [-0.4, -0.2) is 20.7 Å². The summed E-state index contributed by atoms with van der Waals surface area (Å²) in [6.45, 7) is 3.54. The lowest BCUT2D eigenvalue weighted by Gasteiger charge is -2.23. The Morgan fingerprint density at radius 1 is 1.32 bits per heavy atom. The van der Waals surface area contributed by atoms with Gasteiger partial charge in [0, 0.05) is 7.05 Å². The Hall–Kier alpha value is -2.24. The van der Waals surface area contributed by atoms with Gasteiger partial charge in [0.15, 0.2) is 0 Å². The summed E-state index contributed by atoms with van der Waals surface area (Å²) >= 11 is 0. The van der Waals surface area contributed by atoms with Crippen molar-refractivity contribution < 1.29 is 9.18 Å². The second-order valence-corrected chi connectivity index (χ2v) is 4.85. The minimum atomic E-state index is -0.792. The number of carbonyl (C=O) groups excluding carboxylic acids is 1. The van der Waals surface area contributed by atoms with Crippen molar-refractivity contribution in [3.63, 3.8) is 0 Å². The molecule has 0 fully saturated rings. The summed E-state index contributed by atoms with van der Waals surface area (Å²) < 4.78 is 14.5. The first kappa shape index (κ1) is 13.2. The molecule has 1 N–H and O–H groups in total. The number of benzene rings is 1. The minimum absolute atomic E-state index is 0.227. The van der Waals surface area contributed by atoms with Crippen LogP contribution in [0.1, 0.15) is 19.4 Å². The number of aryl methyl sites for hydroxylation is 1. The maximum atomic E-state index is 12.9. The molecule has 1 aromatic heterocycles. The number of hydrogen-bond donors (Lipinski definition) is 1. The number of halogens is 1. The van der Waals surface area contributed by atoms with Gasteiger partial charge in [0.25, 0.3) is 0 Å². The number of nitrogens with one attached hydrogen (secondary N) is 1. The number of rotatable bonds is 3. The monoisotopic (exact) mass is 262 g/mol. The van der Waals surface area contributed by atoms with Gasteiger partial charge >= 0.3 is 0 Å². The number of hydrogen-bond acceptors (Lipinski definition) is 3. The van der Waals surface area contributed by atoms with E-state index in [1.807, 2.05) is 0 Å². The number of aromatic nitrogens is 3. The van der Waals surface area contributed by atoms with E-state index in [-0.39, 0.29) is 11.7 Å². The molecule has 2 rings (SSSR count). The molecule has 0 aliphatic carbocycles. The molecule has 1 aromatic carbocycles. The number of amides is 1. The molecule has 0 unspecified atom stereocenters. The third-order valence-electron chi connectivity index (χ3n) is 3.07. The molecular formula is C13H15FN4O. The summed E-state index contributed by atoms with van der Waals surface area (Å²) in [5.41, 5.74) is -0.0619. The first-order valence-corrected chi connectivity index (χ1v) is 5.83. The highest BCUT2D eigenvalue weighted by atomic mass is 19.1. The number of carbonyl (C=O) groups is 1. The normalized spacial score (nSPS) is 11.4. The summed E-state index contributed by atoms with van der Waals surface area (Å²) in [5.74, 6) is -0.177. The highest BCUT2D eigenvalue weighted by Gasteiger charge is 2.30. The van der Waals surface area contributed by atoms with Crippen LogP contribution in [0, 0.1) is 5.82 Å². The minimum Gasteiger partial charge on any atom is -0.303 e. The Balaban J connectivity index is 2.21. The van der Waals surface area contributed by atoms with Crippen molar-refractivity contribution in [1.82, 2.24) is 14.8 Å². The molecule has 0 aliphatic heterocycles. The number of nitrogens with zero attached hydrogens (tertiary/aromatic N) is 3. The molecule has 0 radical (unpaired) electrons. The van der Waals surface area contributed by atoms with Gasteiger partial charge in [0.05, 0.1) is 5.41 Å². The summed E-state index contributed by atoms with van der Waals surface area (Å²) in [6.07, 6.45) is 1.50. The Kier molecular flexibility index (Phi) is 3.33. The number of anilines is 1. The standard InChI is InChI=1S/C13H15FN4O/c1-13(2,9-4-6-10(14)7-5-9)11(19)16-12-17-15-8-18(12)3/h4-8H,1-3H3,(H,16,17,19). The zero-order valence-electron chi connectivity index (χ0n) is 11.0. The van der Waals surface area contributed by atoms with Gasteiger partial charge in [-0.15, -0.1) is 10.2 Å². The van der Waals surface area contributed by atoms with Crippen molar-refractivity contribution >= 4 is 11.9 Å². The van der Waals surface area contributed by atoms with Crippen LogP contribution in [0.4, 0.5) is 10.3 Å². The van der Waals surface area contributed by atoms with Gasteiger partial charge in [0.1, 0.15) is 12.1 Å². The van der Waals surface area contributed by atoms with Gasteiger partial charge in [-0.1, -0.05) is 12.1 Å². The van der Waals surface area contributed by atoms with E-state index in [1.54, 1.807) is 37.6 Å². The van der Waals surface area contributed by atoms with Crippen molar-refractivity contribution in [2.45, 2.75) is 19.3 Å². The second kappa shape index (κ2) is 4.79. The van der Waals surface area contributed by atoms with Crippen LogP contribution in [0.3, 0.4) is 0 Å². The summed E-state index contributed by atoms with van der Waals surface area (Å²) in [4.78, 5) is 12.3. The molecule has 0 bridgehead atoms. The van der Waals surface area contributed by atoms with E-state index >= 15 is 0 Å². The maximum Gasteiger partial charge on any atom is 0.236 e. The smallest absolute Gasteiger partial charge is 0.236 e. The van der Waals surface area contributed by atoms with Crippen LogP contribution in [0.2, 0.25) is 0 Å². The average molecular weight is 262 g/mol. The predicted molar refractivity (Wildman–Crippen MR) is 69.1 cm³/mol. The predicted octanol–water partition coefficient (Wildman–Crippen LogP) is 1.87. The molecule has 5 nitrogen and oxygen atoms in total. The summed E-state index contributed by atoms with van der Waals surface area (Å²) in [7, 11) is 1.74. The molecule has 2 aromatic rings. The molecular weight excluding hydrogens is 247 g/mol. The lowest BCUT2D eigenvalue weighted by atomic mass is 9.84. The molecule has 0 spiro atoms. The van der Waals surface area contributed by atoms with Crippen molar-refractivity contribution in [3.05, 3.63) is 42.0 Å². The Morgan fingerprint density at radius 3 is 2.47 bits per heavy atom. The fourth-order valence-electron chi connectivity index (χ4n) is 1.65. The third-order valence-corrected chi connectivity index (χ3v) is 3.07. The molecule has 6 heteroatoms. The fourth-order valence-corrected chi connectivity index (χ4v) is 1.65. The van der Waals surface area contributed by atoms with Gasteiger partial charge in [-0.05, 0) is 31.5 Å². The molecule has 0 saturated carbocycles. The van der Waals surface area contributed by atoms with E-state index < -0.39 is 5.41 Å². The Morgan fingerprint density at radius 2 is 1.95 bits per heavy atom. The first-order chi connectivity index (χ1) is 8.91. The maximum absolute atomic E-state index is 12.9. The highest BCUT2D eigenvalue weighted by Crippen LogP contribution is 2.24. The van der Waals surface area contributed by atoms with Gasteiger partial charge in [-0.2, -0.15) is 0 Å². The SMILES string of the molecule is Cn1cnnc1NC(=O)C(C)(C)c1ccc(F)cc1. The van der Waals surface area contributed by atoms with E-state index in [2.05, 4.69) is 15.5 Å². The average Bonchev–Trinajstić information content (AvgIpc) is 2.75. The van der Waals surface area contributed by atoms with E-state index in [0.29, 0.717) is 5.95 Å². The first-order valence-electron chi connectivity index (χ1n) is 5.83. The van der Waals surface area contributed by atoms with Crippen LogP contribution in [0.15, 0.2) is 30.6 Å². The van der Waals surface area contributed by atoms with Crippen molar-refractivity contribution in [3.8, 4) is 0 Å². The molecule has 100 valence electrons. The lowest BCUT2D eigenvalue weighted by molar-refractivity contribution is -0.120. The highest BCUT2D eigenvalue weighted by molar-refractivity contribution is 5.97. The van der Waals surface area contributed by atoms with Crippen LogP contribution in [-0.2, 0) is 17.3 Å². The van der Waals surface area contributed by atoms with Gasteiger partial charge in [-0.3, -0.25) is 10.1 Å². The molecule has 1 heterocycles. The molecule has 1 amide bonds. The van der Waals surface area contributed by atoms with E-state index in [4.69, 9.17) is 0 Å². The quantitative estimate of drug-likeness (QED) is 0.918. The third kappa shape index (κ3) is 2.62. The van der Waals surface area contributed by atoms with E-state index in [1.165, 1.54) is 18.5 Å². The molecule has 0 atom stereocenters. The van der Waals surface area contributed by atoms with Crippen molar-refractivity contribution in [2.24, 2.45) is 7.05 Å². The van der Waals surface area contributed by atoms with Crippen LogP contribution in [0.5, 0.6) is 0 Å². The van der Waals surface area contributed by atoms with Gasteiger partial charge in [-0.25, -0.2) is 4.39 Å². The zero-order valence-corrected chi connectivity index (χ0v) is 11.0. The van der Waals surface area contributed by atoms with Gasteiger partial charge < -0.3 is 4.57 Å². The summed E-state index contributed by atoms with van der Waals surface area (Å²) in [6, 6.07) is 5.89. The van der Waals surface area contributed by atoms with Crippen molar-refractivity contribution in [1.29, 1.82) is 0 Å². The molecule has 0 saturated heterocycles. The molecule has 0 aliphatic rings. The molecule has 19 heavy (non-hydrogen) atoms. The Bertz CT molecular complexity index is 589. The van der Waals surface area contributed by atoms with Crippen LogP contribution >= 0.6 is 0 Å². The second-order valence-electron chi connectivity index (χ2n) is 4.85. The van der Waals surface area contributed by atoms with E-state index in [0.717, 1.165) is 5.56 Å². The van der Waals surface area contributed by atoms with Crippen LogP contribution in [0.25, 0.3) is 0 Å². The van der Waals surface area contributed by atoms with Crippen LogP contribution < -0.4 is 5.32 Å². The van der Waals surface area contributed by atoms with E-state index in [9.17, 15) is 9.18 Å². The van der Waals surface area contributed by atoms with Gasteiger partial charge in [0.2, 0.25) is 11.9 Å². The fraction of sp³-hybridized carbons (Fsp3) is 0.308. The Labute approximate surface area is 110 Å². The van der Waals surface area contributed by atoms with Crippen molar-refractivity contribution in [2.75, 3.05) is 5.32 Å².